The molecular formula is C12H16N2O3S2. The number of carbonyl (C=O) groups is 1. The highest BCUT2D eigenvalue weighted by Gasteiger charge is 2.18. The summed E-state index contributed by atoms with van der Waals surface area (Å²) in [6, 6.07) is 5.72. The summed E-state index contributed by atoms with van der Waals surface area (Å²) in [5.74, 6) is -0.783. The quantitative estimate of drug-likeness (QED) is 0.562. The fourth-order valence-electron chi connectivity index (χ4n) is 1.26. The fraction of sp³-hybridized carbons (Fsp3) is 0.333. The third kappa shape index (κ3) is 5.46. The molecule has 7 heteroatoms. The second kappa shape index (κ2) is 7.32. The molecule has 0 radical (unpaired) electrons. The van der Waals surface area contributed by atoms with Gasteiger partial charge in [0.2, 0.25) is 0 Å². The van der Waals surface area contributed by atoms with E-state index in [1.165, 1.54) is 12.1 Å². The SMILES string of the molecule is CN(C)C(=S)SN[C@H](Cc1ccc(O)cc1)C(=O)O. The highest BCUT2D eigenvalue weighted by molar-refractivity contribution is 8.21. The van der Waals surface area contributed by atoms with Gasteiger partial charge in [0, 0.05) is 14.1 Å². The first-order valence-corrected chi connectivity index (χ1v) is 6.77. The summed E-state index contributed by atoms with van der Waals surface area (Å²) >= 11 is 6.19. The second-order valence-electron chi connectivity index (χ2n) is 4.14. The van der Waals surface area contributed by atoms with Gasteiger partial charge in [0.15, 0.2) is 4.32 Å². The first kappa shape index (κ1) is 15.7. The smallest absolute Gasteiger partial charge is 0.321 e. The molecule has 0 aliphatic carbocycles. The first-order chi connectivity index (χ1) is 8.90. The largest absolute Gasteiger partial charge is 0.508 e. The molecule has 0 amide bonds. The number of hydrogen-bond acceptors (Lipinski definition) is 5. The number of carboxylic acids is 1. The minimum atomic E-state index is -0.942. The van der Waals surface area contributed by atoms with Crippen LogP contribution >= 0.6 is 24.2 Å². The summed E-state index contributed by atoms with van der Waals surface area (Å²) in [5, 5.41) is 18.3. The standard InChI is InChI=1S/C12H16N2O3S2/c1-14(2)12(18)19-13-10(11(16)17)7-8-3-5-9(15)6-4-8/h3-6,10,13,15H,7H2,1-2H3,(H,16,17)/t10-/m1/s1. The lowest BCUT2D eigenvalue weighted by Crippen LogP contribution is -2.36. The zero-order chi connectivity index (χ0) is 14.4. The maximum atomic E-state index is 11.2. The molecule has 0 heterocycles. The van der Waals surface area contributed by atoms with Gasteiger partial charge in [-0.2, -0.15) is 0 Å². The lowest BCUT2D eigenvalue weighted by atomic mass is 10.1. The van der Waals surface area contributed by atoms with E-state index in [9.17, 15) is 9.90 Å². The Hall–Kier alpha value is -1.31. The number of benzene rings is 1. The lowest BCUT2D eigenvalue weighted by molar-refractivity contribution is -0.138. The van der Waals surface area contributed by atoms with Crippen LogP contribution in [-0.2, 0) is 11.2 Å². The van der Waals surface area contributed by atoms with E-state index in [1.807, 2.05) is 0 Å². The third-order valence-electron chi connectivity index (χ3n) is 2.33. The van der Waals surface area contributed by atoms with E-state index < -0.39 is 12.0 Å². The predicted molar refractivity (Wildman–Crippen MR) is 80.2 cm³/mol. The number of nitrogens with zero attached hydrogens (tertiary/aromatic N) is 1. The van der Waals surface area contributed by atoms with Crippen LogP contribution in [0.2, 0.25) is 0 Å². The van der Waals surface area contributed by atoms with E-state index >= 15 is 0 Å². The Bertz CT molecular complexity index is 449. The van der Waals surface area contributed by atoms with Crippen molar-refractivity contribution in [2.24, 2.45) is 0 Å². The molecule has 1 rings (SSSR count). The zero-order valence-corrected chi connectivity index (χ0v) is 12.3. The highest BCUT2D eigenvalue weighted by Crippen LogP contribution is 2.13. The fourth-order valence-corrected chi connectivity index (χ4v) is 2.01. The number of carboxylic acid groups (broad SMARTS) is 1. The van der Waals surface area contributed by atoms with Crippen LogP contribution in [0.1, 0.15) is 5.56 Å². The number of rotatable bonds is 5. The number of phenols is 1. The van der Waals surface area contributed by atoms with Gasteiger partial charge in [0.05, 0.1) is 0 Å². The topological polar surface area (TPSA) is 72.8 Å². The maximum Gasteiger partial charge on any atom is 0.321 e. The number of thiocarbonyl (C=S) groups is 1. The summed E-state index contributed by atoms with van der Waals surface area (Å²) in [6.07, 6.45) is 0.318. The molecule has 1 atom stereocenters. The molecule has 19 heavy (non-hydrogen) atoms. The van der Waals surface area contributed by atoms with Gasteiger partial charge in [-0.3, -0.25) is 4.79 Å². The van der Waals surface area contributed by atoms with Crippen molar-refractivity contribution in [3.05, 3.63) is 29.8 Å². The van der Waals surface area contributed by atoms with Crippen molar-refractivity contribution < 1.29 is 15.0 Å². The average Bonchev–Trinajstić information content (AvgIpc) is 2.35. The van der Waals surface area contributed by atoms with E-state index in [0.29, 0.717) is 10.7 Å². The van der Waals surface area contributed by atoms with E-state index in [2.05, 4.69) is 4.72 Å². The average molecular weight is 300 g/mol. The van der Waals surface area contributed by atoms with Gasteiger partial charge < -0.3 is 15.1 Å². The first-order valence-electron chi connectivity index (χ1n) is 5.54. The summed E-state index contributed by atoms with van der Waals surface area (Å²) in [4.78, 5) is 12.9. The van der Waals surface area contributed by atoms with Gasteiger partial charge in [-0.05, 0) is 36.1 Å². The van der Waals surface area contributed by atoms with Gasteiger partial charge in [-0.25, -0.2) is 4.72 Å². The van der Waals surface area contributed by atoms with E-state index in [0.717, 1.165) is 17.5 Å². The number of phenolic OH excluding ortho intramolecular Hbond substituents is 1. The molecular weight excluding hydrogens is 284 g/mol. The molecule has 1 aromatic rings. The third-order valence-corrected chi connectivity index (χ3v) is 3.89. The van der Waals surface area contributed by atoms with E-state index in [-0.39, 0.29) is 5.75 Å². The lowest BCUT2D eigenvalue weighted by Gasteiger charge is -2.17. The van der Waals surface area contributed by atoms with Crippen molar-refractivity contribution in [3.8, 4) is 5.75 Å². The van der Waals surface area contributed by atoms with Crippen molar-refractivity contribution >= 4 is 34.5 Å². The Kier molecular flexibility index (Phi) is 6.07. The molecule has 0 aliphatic rings. The van der Waals surface area contributed by atoms with Crippen LogP contribution in [0.25, 0.3) is 0 Å². The Morgan fingerprint density at radius 1 is 1.42 bits per heavy atom. The van der Waals surface area contributed by atoms with Crippen LogP contribution < -0.4 is 4.72 Å². The zero-order valence-electron chi connectivity index (χ0n) is 10.7. The van der Waals surface area contributed by atoms with Crippen LogP contribution in [0.4, 0.5) is 0 Å². The number of aliphatic carboxylic acids is 1. The summed E-state index contributed by atoms with van der Waals surface area (Å²) in [6.45, 7) is 0. The number of hydrogen-bond donors (Lipinski definition) is 3. The van der Waals surface area contributed by atoms with Gasteiger partial charge in [-0.1, -0.05) is 24.4 Å². The predicted octanol–water partition coefficient (Wildman–Crippen LogP) is 1.47. The molecule has 0 saturated heterocycles. The Labute approximate surface area is 121 Å². The number of aromatic hydroxyl groups is 1. The summed E-state index contributed by atoms with van der Waals surface area (Å²) in [7, 11) is 3.60. The van der Waals surface area contributed by atoms with E-state index in [4.69, 9.17) is 17.3 Å². The molecule has 0 saturated carbocycles. The van der Waals surface area contributed by atoms with Crippen LogP contribution in [0.15, 0.2) is 24.3 Å². The van der Waals surface area contributed by atoms with Crippen molar-refractivity contribution in [1.82, 2.24) is 9.62 Å². The Balaban J connectivity index is 2.60. The van der Waals surface area contributed by atoms with Crippen molar-refractivity contribution in [2.45, 2.75) is 12.5 Å². The van der Waals surface area contributed by atoms with Crippen molar-refractivity contribution in [1.29, 1.82) is 0 Å². The van der Waals surface area contributed by atoms with Gasteiger partial charge in [0.25, 0.3) is 0 Å². The monoisotopic (exact) mass is 300 g/mol. The van der Waals surface area contributed by atoms with Gasteiger partial charge >= 0.3 is 5.97 Å². The minimum Gasteiger partial charge on any atom is -0.508 e. The maximum absolute atomic E-state index is 11.2. The summed E-state index contributed by atoms with van der Waals surface area (Å²) < 4.78 is 3.40. The Morgan fingerprint density at radius 2 is 2.00 bits per heavy atom. The molecule has 1 aromatic carbocycles. The second-order valence-corrected chi connectivity index (χ2v) is 5.61. The highest BCUT2D eigenvalue weighted by atomic mass is 32.2. The molecule has 0 fully saturated rings. The molecule has 0 aliphatic heterocycles. The minimum absolute atomic E-state index is 0.159. The summed E-state index contributed by atoms with van der Waals surface area (Å²) in [5.41, 5.74) is 0.828. The van der Waals surface area contributed by atoms with Gasteiger partial charge in [-0.15, -0.1) is 0 Å². The van der Waals surface area contributed by atoms with Crippen LogP contribution in [0.5, 0.6) is 5.75 Å². The van der Waals surface area contributed by atoms with Crippen LogP contribution in [0.3, 0.4) is 0 Å². The van der Waals surface area contributed by atoms with Crippen molar-refractivity contribution in [3.63, 3.8) is 0 Å². The Morgan fingerprint density at radius 3 is 2.47 bits per heavy atom. The molecule has 104 valence electrons. The molecule has 3 N–H and O–H groups in total. The van der Waals surface area contributed by atoms with Gasteiger partial charge in [0.1, 0.15) is 11.8 Å². The molecule has 0 unspecified atom stereocenters. The molecule has 5 nitrogen and oxygen atoms in total. The molecule has 0 bridgehead atoms. The van der Waals surface area contributed by atoms with Crippen molar-refractivity contribution in [2.75, 3.05) is 14.1 Å². The molecule has 0 aromatic heterocycles. The number of nitrogens with one attached hydrogen (secondary N) is 1. The van der Waals surface area contributed by atoms with Crippen LogP contribution in [-0.4, -0.2) is 45.5 Å². The molecule has 0 spiro atoms. The van der Waals surface area contributed by atoms with E-state index in [1.54, 1.807) is 31.1 Å². The normalized spacial score (nSPS) is 11.9. The van der Waals surface area contributed by atoms with Crippen LogP contribution in [0, 0.1) is 0 Å².